The molecule has 1 aromatic heterocycles. The first-order valence-electron chi connectivity index (χ1n) is 4.54. The van der Waals surface area contributed by atoms with E-state index in [0.29, 0.717) is 29.1 Å². The third-order valence-corrected chi connectivity index (χ3v) is 3.30. The highest BCUT2D eigenvalue weighted by Gasteiger charge is 2.11. The lowest BCUT2D eigenvalue weighted by atomic mass is 10.2. The van der Waals surface area contributed by atoms with Crippen molar-refractivity contribution in [2.24, 2.45) is 0 Å². The van der Waals surface area contributed by atoms with Crippen molar-refractivity contribution in [2.45, 2.75) is 6.42 Å². The summed E-state index contributed by atoms with van der Waals surface area (Å²) in [5.41, 5.74) is 0.849. The van der Waals surface area contributed by atoms with Crippen molar-refractivity contribution < 1.29 is 4.42 Å². The van der Waals surface area contributed by atoms with Gasteiger partial charge in [0.15, 0.2) is 0 Å². The molecular weight excluding hydrogens is 362 g/mol. The average molecular weight is 369 g/mol. The topological polar surface area (TPSA) is 38.9 Å². The smallest absolute Gasteiger partial charge is 0.248 e. The number of hydrogen-bond acceptors (Lipinski definition) is 3. The second kappa shape index (κ2) is 5.33. The van der Waals surface area contributed by atoms with Gasteiger partial charge in [0, 0.05) is 20.9 Å². The fraction of sp³-hybridized carbons (Fsp3) is 0.200. The number of halogens is 3. The van der Waals surface area contributed by atoms with Gasteiger partial charge in [-0.15, -0.1) is 21.8 Å². The minimum Gasteiger partial charge on any atom is -0.421 e. The quantitative estimate of drug-likeness (QED) is 0.611. The molecule has 84 valence electrons. The van der Waals surface area contributed by atoms with Gasteiger partial charge in [-0.1, -0.05) is 11.6 Å². The van der Waals surface area contributed by atoms with Crippen LogP contribution in [-0.2, 0) is 6.42 Å². The van der Waals surface area contributed by atoms with E-state index in [1.165, 1.54) is 0 Å². The second-order valence-corrected chi connectivity index (χ2v) is 5.04. The number of aromatic nitrogens is 2. The van der Waals surface area contributed by atoms with Crippen LogP contribution in [0.15, 0.2) is 22.6 Å². The number of benzene rings is 1. The molecule has 1 heterocycles. The molecule has 0 aliphatic heterocycles. The molecule has 0 amide bonds. The van der Waals surface area contributed by atoms with Crippen LogP contribution in [0.2, 0.25) is 5.02 Å². The van der Waals surface area contributed by atoms with E-state index in [2.05, 4.69) is 32.8 Å². The SMILES string of the molecule is ClCCc1nnc(-c2cc(Cl)ccc2I)o1. The van der Waals surface area contributed by atoms with E-state index in [1.54, 1.807) is 6.07 Å². The number of hydrogen-bond donors (Lipinski definition) is 0. The molecule has 0 fully saturated rings. The summed E-state index contributed by atoms with van der Waals surface area (Å²) in [6.07, 6.45) is 0.575. The summed E-state index contributed by atoms with van der Waals surface area (Å²) < 4.78 is 6.49. The molecule has 0 spiro atoms. The normalized spacial score (nSPS) is 10.7. The Morgan fingerprint density at radius 2 is 2.12 bits per heavy atom. The first-order valence-corrected chi connectivity index (χ1v) is 6.53. The average Bonchev–Trinajstić information content (AvgIpc) is 2.71. The van der Waals surface area contributed by atoms with Crippen LogP contribution in [0, 0.1) is 3.57 Å². The first-order chi connectivity index (χ1) is 7.70. The van der Waals surface area contributed by atoms with Crippen LogP contribution in [-0.4, -0.2) is 16.1 Å². The summed E-state index contributed by atoms with van der Waals surface area (Å²) in [4.78, 5) is 0. The van der Waals surface area contributed by atoms with Crippen LogP contribution >= 0.6 is 45.8 Å². The van der Waals surface area contributed by atoms with E-state index in [0.717, 1.165) is 9.13 Å². The Hall–Kier alpha value is -0.330. The first kappa shape index (κ1) is 12.1. The van der Waals surface area contributed by atoms with Crippen molar-refractivity contribution in [3.8, 4) is 11.5 Å². The molecule has 0 aliphatic carbocycles. The second-order valence-electron chi connectivity index (χ2n) is 3.06. The lowest BCUT2D eigenvalue weighted by Gasteiger charge is -1.99. The summed E-state index contributed by atoms with van der Waals surface area (Å²) in [5.74, 6) is 1.49. The molecule has 0 saturated heterocycles. The number of aryl methyl sites for hydroxylation is 1. The van der Waals surface area contributed by atoms with Gasteiger partial charge in [-0.2, -0.15) is 0 Å². The minimum atomic E-state index is 0.467. The van der Waals surface area contributed by atoms with E-state index in [4.69, 9.17) is 27.6 Å². The van der Waals surface area contributed by atoms with E-state index in [-0.39, 0.29) is 0 Å². The zero-order chi connectivity index (χ0) is 11.5. The van der Waals surface area contributed by atoms with Crippen molar-refractivity contribution in [2.75, 3.05) is 5.88 Å². The van der Waals surface area contributed by atoms with Crippen LogP contribution in [0.25, 0.3) is 11.5 Å². The van der Waals surface area contributed by atoms with Gasteiger partial charge in [-0.3, -0.25) is 0 Å². The maximum Gasteiger partial charge on any atom is 0.248 e. The van der Waals surface area contributed by atoms with Gasteiger partial charge in [0.05, 0.1) is 5.56 Å². The lowest BCUT2D eigenvalue weighted by Crippen LogP contribution is -1.84. The molecule has 2 aromatic rings. The maximum absolute atomic E-state index is 5.92. The third-order valence-electron chi connectivity index (χ3n) is 1.93. The fourth-order valence-electron chi connectivity index (χ4n) is 1.21. The van der Waals surface area contributed by atoms with Crippen LogP contribution in [0.5, 0.6) is 0 Å². The van der Waals surface area contributed by atoms with Crippen molar-refractivity contribution in [3.63, 3.8) is 0 Å². The molecular formula is C10H7Cl2IN2O. The van der Waals surface area contributed by atoms with E-state index < -0.39 is 0 Å². The molecule has 0 saturated carbocycles. The third kappa shape index (κ3) is 2.67. The Bertz CT molecular complexity index is 501. The molecule has 0 N–H and O–H groups in total. The number of nitrogens with zero attached hydrogens (tertiary/aromatic N) is 2. The monoisotopic (exact) mass is 368 g/mol. The highest BCUT2D eigenvalue weighted by Crippen LogP contribution is 2.27. The highest BCUT2D eigenvalue weighted by atomic mass is 127. The van der Waals surface area contributed by atoms with Crippen LogP contribution in [0.1, 0.15) is 5.89 Å². The molecule has 2 rings (SSSR count). The molecule has 0 radical (unpaired) electrons. The minimum absolute atomic E-state index is 0.467. The molecule has 6 heteroatoms. The maximum atomic E-state index is 5.92. The van der Waals surface area contributed by atoms with Gasteiger partial charge in [0.25, 0.3) is 0 Å². The van der Waals surface area contributed by atoms with Crippen LogP contribution in [0.3, 0.4) is 0 Å². The van der Waals surface area contributed by atoms with Gasteiger partial charge >= 0.3 is 0 Å². The Morgan fingerprint density at radius 3 is 2.88 bits per heavy atom. The zero-order valence-electron chi connectivity index (χ0n) is 8.08. The van der Waals surface area contributed by atoms with E-state index in [9.17, 15) is 0 Å². The summed E-state index contributed by atoms with van der Waals surface area (Å²) >= 11 is 13.7. The van der Waals surface area contributed by atoms with Gasteiger partial charge in [0.1, 0.15) is 0 Å². The number of rotatable bonds is 3. The largest absolute Gasteiger partial charge is 0.421 e. The summed E-state index contributed by atoms with van der Waals surface area (Å²) in [6.45, 7) is 0. The summed E-state index contributed by atoms with van der Waals surface area (Å²) in [6, 6.07) is 5.54. The Balaban J connectivity index is 2.38. The predicted molar refractivity (Wildman–Crippen MR) is 71.9 cm³/mol. The van der Waals surface area contributed by atoms with Gasteiger partial charge in [0.2, 0.25) is 11.8 Å². The molecule has 0 aliphatic rings. The molecule has 0 atom stereocenters. The molecule has 0 unspecified atom stereocenters. The van der Waals surface area contributed by atoms with Crippen molar-refractivity contribution in [1.82, 2.24) is 10.2 Å². The van der Waals surface area contributed by atoms with Crippen molar-refractivity contribution >= 4 is 45.8 Å². The Kier molecular flexibility index (Phi) is 4.05. The van der Waals surface area contributed by atoms with E-state index >= 15 is 0 Å². The van der Waals surface area contributed by atoms with Crippen LogP contribution < -0.4 is 0 Å². The fourth-order valence-corrected chi connectivity index (χ4v) is 2.11. The lowest BCUT2D eigenvalue weighted by molar-refractivity contribution is 0.513. The summed E-state index contributed by atoms with van der Waals surface area (Å²) in [5, 5.41) is 8.52. The van der Waals surface area contributed by atoms with Gasteiger partial charge in [-0.25, -0.2) is 0 Å². The predicted octanol–water partition coefficient (Wildman–Crippen LogP) is 3.78. The highest BCUT2D eigenvalue weighted by molar-refractivity contribution is 14.1. The zero-order valence-corrected chi connectivity index (χ0v) is 11.8. The molecule has 1 aromatic carbocycles. The van der Waals surface area contributed by atoms with Crippen molar-refractivity contribution in [1.29, 1.82) is 0 Å². The van der Waals surface area contributed by atoms with Gasteiger partial charge in [-0.05, 0) is 40.8 Å². The molecule has 16 heavy (non-hydrogen) atoms. The van der Waals surface area contributed by atoms with E-state index in [1.807, 2.05) is 12.1 Å². The summed E-state index contributed by atoms with van der Waals surface area (Å²) in [7, 11) is 0. The Labute approximate surface area is 116 Å². The standard InChI is InChI=1S/C10H7Cl2IN2O/c11-4-3-9-14-15-10(16-9)7-5-6(12)1-2-8(7)13/h1-2,5H,3-4H2. The van der Waals surface area contributed by atoms with Crippen molar-refractivity contribution in [3.05, 3.63) is 32.7 Å². The van der Waals surface area contributed by atoms with Gasteiger partial charge < -0.3 is 4.42 Å². The van der Waals surface area contributed by atoms with Crippen LogP contribution in [0.4, 0.5) is 0 Å². The molecule has 0 bridgehead atoms. The molecule has 3 nitrogen and oxygen atoms in total. The Morgan fingerprint density at radius 1 is 1.31 bits per heavy atom. The number of alkyl halides is 1.